The van der Waals surface area contributed by atoms with Gasteiger partial charge in [-0.15, -0.1) is 11.3 Å². The molecule has 2 aromatic heterocycles. The van der Waals surface area contributed by atoms with Gasteiger partial charge in [0, 0.05) is 19.3 Å². The number of rotatable bonds is 3. The predicted octanol–water partition coefficient (Wildman–Crippen LogP) is 3.19. The van der Waals surface area contributed by atoms with Crippen LogP contribution in [-0.2, 0) is 4.74 Å². The average Bonchev–Trinajstić information content (AvgIpc) is 3.21. The zero-order valence-electron chi connectivity index (χ0n) is 12.5. The third kappa shape index (κ3) is 2.65. The lowest BCUT2D eigenvalue weighted by atomic mass is 10.2. The van der Waals surface area contributed by atoms with E-state index in [1.54, 1.807) is 24.6 Å². The fraction of sp³-hybridized carbons (Fsp3) is 0.333. The molecule has 1 aliphatic rings. The van der Waals surface area contributed by atoms with Crippen LogP contribution in [0.5, 0.6) is 5.75 Å². The first-order chi connectivity index (χ1) is 11.3. The number of fused-ring (bicyclic) bond motifs is 1. The van der Waals surface area contributed by atoms with E-state index in [0.717, 1.165) is 53.0 Å². The van der Waals surface area contributed by atoms with Gasteiger partial charge in [0.25, 0.3) is 0 Å². The lowest BCUT2D eigenvalue weighted by molar-refractivity contribution is 0.123. The summed E-state index contributed by atoms with van der Waals surface area (Å²) in [5.74, 6) is 1.43. The Morgan fingerprint density at radius 3 is 2.83 bits per heavy atom. The predicted molar refractivity (Wildman–Crippen MR) is 91.8 cm³/mol. The Labute approximate surface area is 142 Å². The van der Waals surface area contributed by atoms with E-state index in [0.29, 0.717) is 11.0 Å². The molecule has 6 nitrogen and oxygen atoms in total. The monoisotopic (exact) mass is 350 g/mol. The molecule has 1 saturated heterocycles. The Bertz CT molecular complexity index is 841. The number of H-pyrrole nitrogens is 1. The van der Waals surface area contributed by atoms with Gasteiger partial charge in [-0.05, 0) is 12.1 Å². The number of thiazole rings is 1. The number of halogens is 1. The van der Waals surface area contributed by atoms with Crippen molar-refractivity contribution in [3.63, 3.8) is 0 Å². The van der Waals surface area contributed by atoms with Gasteiger partial charge in [-0.2, -0.15) is 0 Å². The van der Waals surface area contributed by atoms with E-state index in [2.05, 4.69) is 20.9 Å². The van der Waals surface area contributed by atoms with Crippen molar-refractivity contribution in [2.75, 3.05) is 38.3 Å². The fourth-order valence-corrected chi connectivity index (χ4v) is 3.91. The summed E-state index contributed by atoms with van der Waals surface area (Å²) in [6, 6.07) is 4.05. The van der Waals surface area contributed by atoms with E-state index < -0.39 is 0 Å². The van der Waals surface area contributed by atoms with Crippen molar-refractivity contribution in [2.24, 2.45) is 0 Å². The molecule has 1 N–H and O–H groups in total. The first-order valence-corrected chi connectivity index (χ1v) is 8.47. The Balaban J connectivity index is 1.86. The molecule has 0 atom stereocenters. The van der Waals surface area contributed by atoms with Gasteiger partial charge < -0.3 is 19.4 Å². The van der Waals surface area contributed by atoms with Crippen LogP contribution in [0.2, 0.25) is 5.15 Å². The molecule has 8 heteroatoms. The summed E-state index contributed by atoms with van der Waals surface area (Å²) in [6.07, 6.45) is 1.66. The molecule has 0 saturated carbocycles. The van der Waals surface area contributed by atoms with Gasteiger partial charge in [0.1, 0.15) is 16.4 Å². The van der Waals surface area contributed by atoms with Gasteiger partial charge in [0.15, 0.2) is 10.8 Å². The number of hydrogen-bond donors (Lipinski definition) is 1. The Hall–Kier alpha value is -1.83. The highest BCUT2D eigenvalue weighted by atomic mass is 35.5. The largest absolute Gasteiger partial charge is 0.494 e. The minimum Gasteiger partial charge on any atom is -0.494 e. The molecule has 1 fully saturated rings. The fourth-order valence-electron chi connectivity index (χ4n) is 2.70. The van der Waals surface area contributed by atoms with Gasteiger partial charge in [0.2, 0.25) is 0 Å². The van der Waals surface area contributed by atoms with Crippen molar-refractivity contribution in [3.8, 4) is 16.6 Å². The van der Waals surface area contributed by atoms with Gasteiger partial charge in [-0.25, -0.2) is 9.97 Å². The molecule has 23 heavy (non-hydrogen) atoms. The summed E-state index contributed by atoms with van der Waals surface area (Å²) < 4.78 is 12.0. The topological polar surface area (TPSA) is 63.3 Å². The van der Waals surface area contributed by atoms with E-state index in [4.69, 9.17) is 26.1 Å². The van der Waals surface area contributed by atoms with E-state index in [1.165, 1.54) is 0 Å². The molecule has 0 bridgehead atoms. The highest BCUT2D eigenvalue weighted by Gasteiger charge is 2.20. The van der Waals surface area contributed by atoms with Crippen LogP contribution in [0.3, 0.4) is 0 Å². The van der Waals surface area contributed by atoms with Crippen molar-refractivity contribution in [2.45, 2.75) is 0 Å². The van der Waals surface area contributed by atoms with Crippen molar-refractivity contribution in [1.82, 2.24) is 15.0 Å². The first kappa shape index (κ1) is 14.7. The molecule has 0 spiro atoms. The SMILES string of the molecule is COc1ccc(N2CCOCC2)c2sc(-c3nc(Cl)c[nH]3)nc12. The Morgan fingerprint density at radius 2 is 2.13 bits per heavy atom. The molecular formula is C15H15ClN4O2S. The van der Waals surface area contributed by atoms with Gasteiger partial charge in [-0.1, -0.05) is 11.6 Å². The Morgan fingerprint density at radius 1 is 1.30 bits per heavy atom. The number of nitrogens with zero attached hydrogens (tertiary/aromatic N) is 3. The van der Waals surface area contributed by atoms with Crippen LogP contribution < -0.4 is 9.64 Å². The summed E-state index contributed by atoms with van der Waals surface area (Å²) in [5.41, 5.74) is 2.01. The normalized spacial score (nSPS) is 15.3. The highest BCUT2D eigenvalue weighted by Crippen LogP contribution is 2.40. The van der Waals surface area contributed by atoms with Crippen LogP contribution >= 0.6 is 22.9 Å². The molecule has 1 aliphatic heterocycles. The summed E-state index contributed by atoms with van der Waals surface area (Å²) >= 11 is 7.50. The number of nitrogens with one attached hydrogen (secondary N) is 1. The molecule has 120 valence electrons. The van der Waals surface area contributed by atoms with Gasteiger partial charge in [-0.3, -0.25) is 0 Å². The molecule has 3 heterocycles. The number of methoxy groups -OCH3 is 1. The van der Waals surface area contributed by atoms with Crippen molar-refractivity contribution in [3.05, 3.63) is 23.5 Å². The third-order valence-corrected chi connectivity index (χ3v) is 5.08. The second-order valence-corrected chi connectivity index (χ2v) is 6.54. The maximum Gasteiger partial charge on any atom is 0.168 e. The smallest absolute Gasteiger partial charge is 0.168 e. The zero-order valence-corrected chi connectivity index (χ0v) is 14.1. The molecular weight excluding hydrogens is 336 g/mol. The second kappa shape index (κ2) is 5.99. The molecule has 4 rings (SSSR count). The third-order valence-electron chi connectivity index (χ3n) is 3.81. The number of benzene rings is 1. The standard InChI is InChI=1S/C15H15ClN4O2S/c1-21-10-3-2-9(20-4-6-22-7-5-20)13-12(10)19-15(23-13)14-17-8-11(16)18-14/h2-3,8H,4-7H2,1H3,(H,17,18). The number of hydrogen-bond acceptors (Lipinski definition) is 6. The van der Waals surface area contributed by atoms with E-state index in [-0.39, 0.29) is 0 Å². The minimum atomic E-state index is 0.430. The second-order valence-electron chi connectivity index (χ2n) is 5.15. The minimum absolute atomic E-state index is 0.430. The van der Waals surface area contributed by atoms with Gasteiger partial charge >= 0.3 is 0 Å². The van der Waals surface area contributed by atoms with Crippen molar-refractivity contribution in [1.29, 1.82) is 0 Å². The number of imidazole rings is 1. The molecule has 0 amide bonds. The Kier molecular flexibility index (Phi) is 3.84. The van der Waals surface area contributed by atoms with Crippen LogP contribution in [0.25, 0.3) is 21.0 Å². The van der Waals surface area contributed by atoms with Crippen LogP contribution in [0, 0.1) is 0 Å². The lowest BCUT2D eigenvalue weighted by Crippen LogP contribution is -2.36. The molecule has 0 unspecified atom stereocenters. The summed E-state index contributed by atoms with van der Waals surface area (Å²) in [5, 5.41) is 1.23. The van der Waals surface area contributed by atoms with E-state index in [1.807, 2.05) is 6.07 Å². The summed E-state index contributed by atoms with van der Waals surface area (Å²) in [6.45, 7) is 3.24. The molecule has 0 aliphatic carbocycles. The summed E-state index contributed by atoms with van der Waals surface area (Å²) in [4.78, 5) is 14.3. The zero-order chi connectivity index (χ0) is 15.8. The molecule has 0 radical (unpaired) electrons. The van der Waals surface area contributed by atoms with Crippen molar-refractivity contribution < 1.29 is 9.47 Å². The lowest BCUT2D eigenvalue weighted by Gasteiger charge is -2.29. The van der Waals surface area contributed by atoms with E-state index in [9.17, 15) is 0 Å². The van der Waals surface area contributed by atoms with Crippen LogP contribution in [0.15, 0.2) is 18.3 Å². The maximum absolute atomic E-state index is 5.91. The number of aromatic amines is 1. The number of aromatic nitrogens is 3. The number of ether oxygens (including phenoxy) is 2. The van der Waals surface area contributed by atoms with Crippen LogP contribution in [0.4, 0.5) is 5.69 Å². The highest BCUT2D eigenvalue weighted by molar-refractivity contribution is 7.22. The summed E-state index contributed by atoms with van der Waals surface area (Å²) in [7, 11) is 1.66. The number of anilines is 1. The molecule has 3 aromatic rings. The average molecular weight is 351 g/mol. The van der Waals surface area contributed by atoms with Crippen LogP contribution in [0.1, 0.15) is 0 Å². The van der Waals surface area contributed by atoms with Crippen molar-refractivity contribution >= 4 is 38.8 Å². The van der Waals surface area contributed by atoms with Gasteiger partial charge in [0.05, 0.1) is 30.7 Å². The van der Waals surface area contributed by atoms with Crippen LogP contribution in [-0.4, -0.2) is 48.4 Å². The molecule has 1 aromatic carbocycles. The quantitative estimate of drug-likeness (QED) is 0.786. The number of morpholine rings is 1. The first-order valence-electron chi connectivity index (χ1n) is 7.28. The van der Waals surface area contributed by atoms with E-state index >= 15 is 0 Å². The maximum atomic E-state index is 5.91.